The fraction of sp³-hybridized carbons (Fsp3) is 0.304. The summed E-state index contributed by atoms with van der Waals surface area (Å²) >= 11 is 0. The molecule has 1 atom stereocenters. The van der Waals surface area contributed by atoms with Crippen LogP contribution in [-0.2, 0) is 16.2 Å². The average Bonchev–Trinajstić information content (AvgIpc) is 3.11. The Bertz CT molecular complexity index is 1260. The zero-order valence-electron chi connectivity index (χ0n) is 17.6. The molecule has 0 radical (unpaired) electrons. The molecule has 5 nitrogen and oxygen atoms in total. The van der Waals surface area contributed by atoms with Crippen molar-refractivity contribution in [2.24, 2.45) is 0 Å². The quantitative estimate of drug-likeness (QED) is 0.574. The van der Waals surface area contributed by atoms with Gasteiger partial charge in [-0.3, -0.25) is 4.72 Å². The summed E-state index contributed by atoms with van der Waals surface area (Å²) in [7, 11) is -2.19. The smallest absolute Gasteiger partial charge is 0.419 e. The highest BCUT2D eigenvalue weighted by Crippen LogP contribution is 2.39. The number of likely N-dealkylation sites (N-methyl/N-ethyl adjacent to an activating group) is 1. The van der Waals surface area contributed by atoms with Gasteiger partial charge in [0.25, 0.3) is 10.0 Å². The molecule has 32 heavy (non-hydrogen) atoms. The second kappa shape index (κ2) is 8.29. The van der Waals surface area contributed by atoms with E-state index in [9.17, 15) is 21.6 Å². The molecule has 1 aliphatic heterocycles. The fourth-order valence-corrected chi connectivity index (χ4v) is 5.24. The van der Waals surface area contributed by atoms with Gasteiger partial charge in [0.1, 0.15) is 11.9 Å². The molecule has 3 aromatic carbocycles. The van der Waals surface area contributed by atoms with E-state index >= 15 is 0 Å². The number of halogens is 3. The van der Waals surface area contributed by atoms with Gasteiger partial charge in [0, 0.05) is 24.5 Å². The van der Waals surface area contributed by atoms with Gasteiger partial charge < -0.3 is 9.64 Å². The van der Waals surface area contributed by atoms with Crippen molar-refractivity contribution in [2.75, 3.05) is 24.9 Å². The first-order valence-corrected chi connectivity index (χ1v) is 11.6. The van der Waals surface area contributed by atoms with Crippen LogP contribution >= 0.6 is 0 Å². The maximum atomic E-state index is 13.5. The van der Waals surface area contributed by atoms with Gasteiger partial charge in [-0.25, -0.2) is 8.42 Å². The van der Waals surface area contributed by atoms with E-state index < -0.39 is 27.9 Å². The Labute approximate surface area is 184 Å². The number of nitrogens with zero attached hydrogens (tertiary/aromatic N) is 1. The van der Waals surface area contributed by atoms with E-state index in [0.717, 1.165) is 35.7 Å². The lowest BCUT2D eigenvalue weighted by molar-refractivity contribution is -0.139. The molecular weight excluding hydrogens is 441 g/mol. The number of aryl methyl sites for hydroxylation is 1. The van der Waals surface area contributed by atoms with Crippen molar-refractivity contribution < 1.29 is 26.3 Å². The van der Waals surface area contributed by atoms with Gasteiger partial charge in [-0.2, -0.15) is 13.2 Å². The number of hydrogen-bond acceptors (Lipinski definition) is 4. The van der Waals surface area contributed by atoms with E-state index in [1.165, 1.54) is 6.07 Å². The fourth-order valence-electron chi connectivity index (χ4n) is 3.97. The van der Waals surface area contributed by atoms with E-state index in [4.69, 9.17) is 4.74 Å². The van der Waals surface area contributed by atoms with Crippen LogP contribution in [0.5, 0.6) is 5.75 Å². The summed E-state index contributed by atoms with van der Waals surface area (Å²) in [6.07, 6.45) is -4.42. The third-order valence-corrected chi connectivity index (χ3v) is 7.01. The molecule has 0 amide bonds. The van der Waals surface area contributed by atoms with Crippen LogP contribution in [0.1, 0.15) is 17.5 Å². The Morgan fingerprint density at radius 3 is 2.47 bits per heavy atom. The van der Waals surface area contributed by atoms with Crippen LogP contribution in [0.4, 0.5) is 18.9 Å². The van der Waals surface area contributed by atoms with Crippen molar-refractivity contribution in [2.45, 2.75) is 30.5 Å². The van der Waals surface area contributed by atoms with Crippen LogP contribution < -0.4 is 9.46 Å². The predicted molar refractivity (Wildman–Crippen MR) is 117 cm³/mol. The van der Waals surface area contributed by atoms with Gasteiger partial charge in [0.15, 0.2) is 0 Å². The first kappa shape index (κ1) is 22.4. The molecule has 170 valence electrons. The lowest BCUT2D eigenvalue weighted by Gasteiger charge is -2.20. The van der Waals surface area contributed by atoms with Crippen molar-refractivity contribution in [3.63, 3.8) is 0 Å². The minimum atomic E-state index is -4.62. The summed E-state index contributed by atoms with van der Waals surface area (Å²) in [5.74, 6) is -0.383. The number of benzene rings is 3. The molecule has 0 aliphatic carbocycles. The first-order chi connectivity index (χ1) is 15.0. The van der Waals surface area contributed by atoms with Crippen molar-refractivity contribution in [3.05, 3.63) is 65.7 Å². The third kappa shape index (κ3) is 4.54. The zero-order valence-corrected chi connectivity index (χ0v) is 18.4. The molecule has 0 bridgehead atoms. The number of ether oxygens (including phenoxy) is 1. The molecule has 9 heteroatoms. The Balaban J connectivity index is 1.70. The van der Waals surface area contributed by atoms with E-state index in [1.54, 1.807) is 18.2 Å². The number of sulfonamides is 1. The standard InChI is InChI=1S/C23H23F3N2O3S/c1-15-5-3-7-19-18(15)6-4-8-22(19)32(29,30)27-16-9-10-20(23(24,25)26)21(13-16)31-17-11-12-28(2)14-17/h3-10,13,17,27H,11-12,14H2,1-2H3/t17-/m0/s1. The van der Waals surface area contributed by atoms with Crippen molar-refractivity contribution in [3.8, 4) is 5.75 Å². The summed E-state index contributed by atoms with van der Waals surface area (Å²) < 4.78 is 74.9. The lowest BCUT2D eigenvalue weighted by Crippen LogP contribution is -2.23. The largest absolute Gasteiger partial charge is 0.488 e. The van der Waals surface area contributed by atoms with Crippen LogP contribution in [0, 0.1) is 6.92 Å². The minimum absolute atomic E-state index is 0.00371. The number of fused-ring (bicyclic) bond motifs is 1. The van der Waals surface area contributed by atoms with E-state index in [1.807, 2.05) is 31.0 Å². The molecule has 3 aromatic rings. The molecule has 1 heterocycles. The highest BCUT2D eigenvalue weighted by Gasteiger charge is 2.36. The predicted octanol–water partition coefficient (Wildman–Crippen LogP) is 5.05. The Morgan fingerprint density at radius 1 is 1.06 bits per heavy atom. The number of hydrogen-bond donors (Lipinski definition) is 1. The van der Waals surface area contributed by atoms with Crippen LogP contribution in [0.25, 0.3) is 10.8 Å². The number of nitrogens with one attached hydrogen (secondary N) is 1. The first-order valence-electron chi connectivity index (χ1n) is 10.1. The number of alkyl halides is 3. The molecule has 4 rings (SSSR count). The number of rotatable bonds is 5. The molecule has 0 spiro atoms. The lowest BCUT2D eigenvalue weighted by atomic mass is 10.1. The molecule has 1 aliphatic rings. The highest BCUT2D eigenvalue weighted by molar-refractivity contribution is 7.93. The zero-order chi connectivity index (χ0) is 23.1. The Morgan fingerprint density at radius 2 is 1.78 bits per heavy atom. The summed E-state index contributed by atoms with van der Waals surface area (Å²) in [5.41, 5.74) is -0.00825. The van der Waals surface area contributed by atoms with E-state index in [0.29, 0.717) is 18.4 Å². The topological polar surface area (TPSA) is 58.6 Å². The van der Waals surface area contributed by atoms with Gasteiger partial charge in [-0.15, -0.1) is 0 Å². The van der Waals surface area contributed by atoms with Gasteiger partial charge >= 0.3 is 6.18 Å². The summed E-state index contributed by atoms with van der Waals surface area (Å²) in [4.78, 5) is 2.02. The molecule has 1 fully saturated rings. The minimum Gasteiger partial charge on any atom is -0.488 e. The van der Waals surface area contributed by atoms with Crippen molar-refractivity contribution in [1.82, 2.24) is 4.90 Å². The monoisotopic (exact) mass is 464 g/mol. The molecule has 0 aromatic heterocycles. The summed E-state index contributed by atoms with van der Waals surface area (Å²) in [6, 6.07) is 13.3. The van der Waals surface area contributed by atoms with Crippen molar-refractivity contribution in [1.29, 1.82) is 0 Å². The number of likely N-dealkylation sites (tertiary alicyclic amines) is 1. The molecule has 0 saturated carbocycles. The van der Waals surface area contributed by atoms with Gasteiger partial charge in [0.2, 0.25) is 0 Å². The summed E-state index contributed by atoms with van der Waals surface area (Å²) in [6.45, 7) is 3.10. The molecule has 1 saturated heterocycles. The second-order valence-electron chi connectivity index (χ2n) is 8.03. The average molecular weight is 465 g/mol. The van der Waals surface area contributed by atoms with Crippen LogP contribution in [-0.4, -0.2) is 39.6 Å². The van der Waals surface area contributed by atoms with Gasteiger partial charge in [-0.1, -0.05) is 30.3 Å². The second-order valence-corrected chi connectivity index (χ2v) is 9.68. The highest BCUT2D eigenvalue weighted by atomic mass is 32.2. The van der Waals surface area contributed by atoms with Gasteiger partial charge in [0.05, 0.1) is 16.1 Å². The summed E-state index contributed by atoms with van der Waals surface area (Å²) in [5, 5.41) is 1.33. The van der Waals surface area contributed by atoms with Crippen LogP contribution in [0.15, 0.2) is 59.5 Å². The van der Waals surface area contributed by atoms with Crippen LogP contribution in [0.3, 0.4) is 0 Å². The SMILES string of the molecule is Cc1cccc2c(S(=O)(=O)Nc3ccc(C(F)(F)F)c(O[C@H]4CCN(C)C4)c3)cccc12. The Kier molecular flexibility index (Phi) is 5.81. The number of anilines is 1. The van der Waals surface area contributed by atoms with E-state index in [-0.39, 0.29) is 16.3 Å². The third-order valence-electron chi connectivity index (χ3n) is 5.57. The maximum Gasteiger partial charge on any atom is 0.419 e. The van der Waals surface area contributed by atoms with Crippen LogP contribution in [0.2, 0.25) is 0 Å². The van der Waals surface area contributed by atoms with Crippen molar-refractivity contribution >= 4 is 26.5 Å². The normalized spacial score (nSPS) is 17.6. The molecule has 0 unspecified atom stereocenters. The maximum absolute atomic E-state index is 13.5. The van der Waals surface area contributed by atoms with Gasteiger partial charge in [-0.05, 0) is 49.5 Å². The Hall–Kier alpha value is -2.78. The molecular formula is C23H23F3N2O3S. The van der Waals surface area contributed by atoms with E-state index in [2.05, 4.69) is 4.72 Å². The molecule has 1 N–H and O–H groups in total.